The summed E-state index contributed by atoms with van der Waals surface area (Å²) in [5.74, 6) is -1.24. The lowest BCUT2D eigenvalue weighted by Crippen LogP contribution is -2.48. The quantitative estimate of drug-likeness (QED) is 0.804. The molecule has 5 heteroatoms. The topological polar surface area (TPSA) is 108 Å². The number of allylic oxidation sites excluding steroid dienone is 2. The highest BCUT2D eigenvalue weighted by Crippen LogP contribution is 2.54. The molecule has 0 amide bonds. The summed E-state index contributed by atoms with van der Waals surface area (Å²) in [5.41, 5.74) is 0.0612. The third-order valence-corrected chi connectivity index (χ3v) is 4.99. The number of nitriles is 3. The first kappa shape index (κ1) is 14.9. The Bertz CT molecular complexity index is 773. The second-order valence-corrected chi connectivity index (χ2v) is 6.01. The molecule has 2 aliphatic carbocycles. The number of hydrogen-bond acceptors (Lipinski definition) is 5. The normalized spacial score (nSPS) is 28.5. The lowest BCUT2D eigenvalue weighted by molar-refractivity contribution is 0.320. The average Bonchev–Trinajstić information content (AvgIpc) is 2.61. The minimum Gasteiger partial charge on any atom is -0.305 e. The van der Waals surface area contributed by atoms with Gasteiger partial charge in [-0.2, -0.15) is 15.8 Å². The van der Waals surface area contributed by atoms with Crippen molar-refractivity contribution in [3.05, 3.63) is 41.7 Å². The molecule has 0 unspecified atom stereocenters. The van der Waals surface area contributed by atoms with Crippen molar-refractivity contribution in [1.29, 1.82) is 21.2 Å². The first-order valence-electron chi connectivity index (χ1n) is 7.60. The molecule has 1 fully saturated rings. The van der Waals surface area contributed by atoms with E-state index in [1.807, 2.05) is 6.08 Å². The third-order valence-electron chi connectivity index (χ3n) is 4.99. The van der Waals surface area contributed by atoms with Crippen molar-refractivity contribution in [1.82, 2.24) is 4.98 Å². The van der Waals surface area contributed by atoms with Crippen LogP contribution in [0.15, 0.2) is 36.2 Å². The van der Waals surface area contributed by atoms with Crippen LogP contribution in [0, 0.1) is 56.7 Å². The molecule has 0 bridgehead atoms. The van der Waals surface area contributed by atoms with Crippen molar-refractivity contribution in [2.45, 2.75) is 25.2 Å². The SMILES string of the molecule is N#C[C@@H]1C(=N)C(C#N)(C#N)[C@H](c2ccncc2)[C@H]2CCCC=C12. The Labute approximate surface area is 135 Å². The minimum atomic E-state index is -1.60. The van der Waals surface area contributed by atoms with Gasteiger partial charge in [0.05, 0.1) is 23.9 Å². The van der Waals surface area contributed by atoms with E-state index in [0.717, 1.165) is 30.4 Å². The van der Waals surface area contributed by atoms with E-state index in [0.29, 0.717) is 0 Å². The number of fused-ring (bicyclic) bond motifs is 1. The molecule has 23 heavy (non-hydrogen) atoms. The van der Waals surface area contributed by atoms with E-state index in [4.69, 9.17) is 5.41 Å². The van der Waals surface area contributed by atoms with E-state index in [-0.39, 0.29) is 11.6 Å². The van der Waals surface area contributed by atoms with Crippen LogP contribution in [0.5, 0.6) is 0 Å². The van der Waals surface area contributed by atoms with Crippen LogP contribution < -0.4 is 0 Å². The van der Waals surface area contributed by atoms with Crippen LogP contribution >= 0.6 is 0 Å². The fourth-order valence-electron chi connectivity index (χ4n) is 3.96. The fraction of sp³-hybridized carbons (Fsp3) is 0.389. The molecule has 3 atom stereocenters. The van der Waals surface area contributed by atoms with Gasteiger partial charge in [-0.15, -0.1) is 0 Å². The first-order valence-corrected chi connectivity index (χ1v) is 7.60. The predicted molar refractivity (Wildman–Crippen MR) is 82.9 cm³/mol. The Morgan fingerprint density at radius 3 is 2.48 bits per heavy atom. The second kappa shape index (κ2) is 5.67. The molecule has 0 saturated heterocycles. The molecule has 5 nitrogen and oxygen atoms in total. The van der Waals surface area contributed by atoms with Gasteiger partial charge in [-0.3, -0.25) is 4.98 Å². The lowest BCUT2D eigenvalue weighted by Gasteiger charge is -2.45. The maximum absolute atomic E-state index is 9.79. The Balaban J connectivity index is 2.26. The van der Waals surface area contributed by atoms with E-state index >= 15 is 0 Å². The van der Waals surface area contributed by atoms with Gasteiger partial charge in [0.15, 0.2) is 5.41 Å². The highest BCUT2D eigenvalue weighted by Gasteiger charge is 2.57. The van der Waals surface area contributed by atoms with Crippen LogP contribution in [0.4, 0.5) is 0 Å². The van der Waals surface area contributed by atoms with Gasteiger partial charge in [-0.05, 0) is 48.4 Å². The van der Waals surface area contributed by atoms with Gasteiger partial charge < -0.3 is 5.41 Å². The van der Waals surface area contributed by atoms with Crippen LogP contribution in [0.1, 0.15) is 30.7 Å². The zero-order valence-corrected chi connectivity index (χ0v) is 12.5. The lowest BCUT2D eigenvalue weighted by atomic mass is 9.53. The van der Waals surface area contributed by atoms with E-state index < -0.39 is 17.3 Å². The smallest absolute Gasteiger partial charge is 0.189 e. The highest BCUT2D eigenvalue weighted by molar-refractivity contribution is 6.00. The molecule has 3 rings (SSSR count). The minimum absolute atomic E-state index is 0.0517. The molecule has 112 valence electrons. The van der Waals surface area contributed by atoms with Gasteiger partial charge in [0, 0.05) is 18.3 Å². The van der Waals surface area contributed by atoms with E-state index in [1.54, 1.807) is 24.5 Å². The van der Waals surface area contributed by atoms with Gasteiger partial charge >= 0.3 is 0 Å². The summed E-state index contributed by atoms with van der Waals surface area (Å²) in [4.78, 5) is 4.01. The van der Waals surface area contributed by atoms with Gasteiger partial charge in [0.2, 0.25) is 0 Å². The molecule has 1 N–H and O–H groups in total. The molecule has 0 radical (unpaired) electrons. The van der Waals surface area contributed by atoms with E-state index in [2.05, 4.69) is 23.2 Å². The molecule has 1 aromatic rings. The largest absolute Gasteiger partial charge is 0.305 e. The Morgan fingerprint density at radius 2 is 1.87 bits per heavy atom. The highest BCUT2D eigenvalue weighted by atomic mass is 14.7. The molecular formula is C18H15N5. The summed E-state index contributed by atoms with van der Waals surface area (Å²) < 4.78 is 0. The van der Waals surface area contributed by atoms with Crippen LogP contribution in [-0.2, 0) is 0 Å². The second-order valence-electron chi connectivity index (χ2n) is 6.01. The maximum Gasteiger partial charge on any atom is 0.189 e. The monoisotopic (exact) mass is 301 g/mol. The first-order chi connectivity index (χ1) is 11.2. The van der Waals surface area contributed by atoms with E-state index in [9.17, 15) is 15.8 Å². The van der Waals surface area contributed by atoms with Crippen molar-refractivity contribution in [3.8, 4) is 18.2 Å². The molecule has 2 aliphatic rings. The molecule has 0 aromatic carbocycles. The Hall–Kier alpha value is -2.97. The molecule has 1 heterocycles. The number of nitrogens with one attached hydrogen (secondary N) is 1. The molecule has 0 aliphatic heterocycles. The number of aromatic nitrogens is 1. The molecule has 1 saturated carbocycles. The van der Waals surface area contributed by atoms with Gasteiger partial charge in [-0.25, -0.2) is 0 Å². The Kier molecular flexibility index (Phi) is 3.68. The van der Waals surface area contributed by atoms with Crippen LogP contribution in [0.3, 0.4) is 0 Å². The maximum atomic E-state index is 9.79. The molecule has 1 aromatic heterocycles. The molecule has 0 spiro atoms. The summed E-state index contributed by atoms with van der Waals surface area (Å²) in [6.45, 7) is 0. The predicted octanol–water partition coefficient (Wildman–Crippen LogP) is 3.10. The summed E-state index contributed by atoms with van der Waals surface area (Å²) >= 11 is 0. The van der Waals surface area contributed by atoms with Crippen LogP contribution in [0.25, 0.3) is 0 Å². The van der Waals surface area contributed by atoms with Crippen molar-refractivity contribution >= 4 is 5.71 Å². The van der Waals surface area contributed by atoms with Crippen molar-refractivity contribution < 1.29 is 0 Å². The third kappa shape index (κ3) is 2.04. The van der Waals surface area contributed by atoms with Crippen LogP contribution in [0.2, 0.25) is 0 Å². The molecular weight excluding hydrogens is 286 g/mol. The summed E-state index contributed by atoms with van der Waals surface area (Å²) in [5, 5.41) is 37.5. The summed E-state index contributed by atoms with van der Waals surface area (Å²) in [7, 11) is 0. The Morgan fingerprint density at radius 1 is 1.17 bits per heavy atom. The summed E-state index contributed by atoms with van der Waals surface area (Å²) in [6.07, 6.45) is 7.99. The number of rotatable bonds is 1. The van der Waals surface area contributed by atoms with Crippen LogP contribution in [-0.4, -0.2) is 10.7 Å². The fourth-order valence-corrected chi connectivity index (χ4v) is 3.96. The zero-order valence-electron chi connectivity index (χ0n) is 12.5. The van der Waals surface area contributed by atoms with Gasteiger partial charge in [-0.1, -0.05) is 6.08 Å². The van der Waals surface area contributed by atoms with E-state index in [1.165, 1.54) is 0 Å². The number of pyridine rings is 1. The van der Waals surface area contributed by atoms with Gasteiger partial charge in [0.25, 0.3) is 0 Å². The number of hydrogen-bond donors (Lipinski definition) is 1. The van der Waals surface area contributed by atoms with Crippen molar-refractivity contribution in [2.24, 2.45) is 17.3 Å². The van der Waals surface area contributed by atoms with Gasteiger partial charge in [0.1, 0.15) is 5.92 Å². The average molecular weight is 301 g/mol. The summed E-state index contributed by atoms with van der Waals surface area (Å²) in [6, 6.07) is 9.91. The van der Waals surface area contributed by atoms with Crippen molar-refractivity contribution in [2.75, 3.05) is 0 Å². The zero-order chi connectivity index (χ0) is 16.4. The number of nitrogens with zero attached hydrogens (tertiary/aromatic N) is 4. The van der Waals surface area contributed by atoms with Crippen molar-refractivity contribution in [3.63, 3.8) is 0 Å². The standard InChI is InChI=1S/C18H15N5/c19-9-15-13-3-1-2-4-14(13)16(12-5-7-23-8-6-12)18(10-20,11-21)17(15)22/h3,5-8,14-16,22H,1-2,4H2/t14-,15-,16+/m0/s1.